The number of carbonyl (C=O) groups is 1. The van der Waals surface area contributed by atoms with Gasteiger partial charge in [0.15, 0.2) is 0 Å². The summed E-state index contributed by atoms with van der Waals surface area (Å²) in [7, 11) is 1.46. The van der Waals surface area contributed by atoms with Gasteiger partial charge >= 0.3 is 5.97 Å². The van der Waals surface area contributed by atoms with Crippen LogP contribution in [0.3, 0.4) is 0 Å². The summed E-state index contributed by atoms with van der Waals surface area (Å²) in [6.45, 7) is 4.73. The third kappa shape index (κ3) is 5.67. The second-order valence-corrected chi connectivity index (χ2v) is 10.7. The highest BCUT2D eigenvalue weighted by Gasteiger charge is 2.55. The Labute approximate surface area is 217 Å². The molecule has 2 aromatic rings. The van der Waals surface area contributed by atoms with Crippen molar-refractivity contribution in [1.82, 2.24) is 0 Å². The molecule has 0 aliphatic heterocycles. The van der Waals surface area contributed by atoms with Crippen molar-refractivity contribution in [2.75, 3.05) is 7.11 Å². The molecule has 0 amide bonds. The molecule has 0 bridgehead atoms. The topological polar surface area (TPSA) is 52.3 Å². The Balaban J connectivity index is 1.46. The molecule has 3 atom stereocenters. The van der Waals surface area contributed by atoms with Crippen LogP contribution in [0.25, 0.3) is 11.1 Å². The van der Waals surface area contributed by atoms with Crippen LogP contribution in [-0.4, -0.2) is 19.1 Å². The maximum Gasteiger partial charge on any atom is 0.305 e. The summed E-state index contributed by atoms with van der Waals surface area (Å²) in [4.78, 5) is 11.2. The van der Waals surface area contributed by atoms with E-state index in [1.54, 1.807) is 5.57 Å². The van der Waals surface area contributed by atoms with Gasteiger partial charge in [0.05, 0.1) is 7.11 Å². The van der Waals surface area contributed by atoms with Gasteiger partial charge in [0.25, 0.3) is 0 Å². The molecule has 0 aromatic heterocycles. The lowest BCUT2D eigenvalue weighted by Gasteiger charge is -2.37. The van der Waals surface area contributed by atoms with Crippen molar-refractivity contribution in [3.63, 3.8) is 0 Å². The monoisotopic (exact) mass is 485 g/mol. The Morgan fingerprint density at radius 1 is 0.944 bits per heavy atom. The molecule has 0 unspecified atom stereocenters. The average Bonchev–Trinajstić information content (AvgIpc) is 3.42. The molecule has 192 valence electrons. The van der Waals surface area contributed by atoms with Gasteiger partial charge in [-0.2, -0.15) is 0 Å². The molecule has 1 saturated carbocycles. The van der Waals surface area contributed by atoms with E-state index in [9.17, 15) is 4.79 Å². The van der Waals surface area contributed by atoms with Crippen LogP contribution >= 0.6 is 0 Å². The Morgan fingerprint density at radius 2 is 1.56 bits per heavy atom. The van der Waals surface area contributed by atoms with Crippen LogP contribution in [0.1, 0.15) is 88.2 Å². The number of methoxy groups -OCH3 is 1. The van der Waals surface area contributed by atoms with Gasteiger partial charge in [0.1, 0.15) is 0 Å². The first-order chi connectivity index (χ1) is 17.6. The summed E-state index contributed by atoms with van der Waals surface area (Å²) in [6, 6.07) is 22.0. The highest BCUT2D eigenvalue weighted by molar-refractivity contribution is 5.90. The van der Waals surface area contributed by atoms with Gasteiger partial charge in [-0.15, -0.1) is 0 Å². The summed E-state index contributed by atoms with van der Waals surface area (Å²) >= 11 is 0. The zero-order valence-electron chi connectivity index (χ0n) is 22.0. The van der Waals surface area contributed by atoms with E-state index >= 15 is 0 Å². The van der Waals surface area contributed by atoms with Crippen molar-refractivity contribution < 1.29 is 9.53 Å². The normalized spacial score (nSPS) is 23.1. The van der Waals surface area contributed by atoms with Crippen LogP contribution in [-0.2, 0) is 9.53 Å². The molecule has 0 heterocycles. The molecule has 0 radical (unpaired) electrons. The summed E-state index contributed by atoms with van der Waals surface area (Å²) in [5.41, 5.74) is 13.7. The maximum atomic E-state index is 11.2. The van der Waals surface area contributed by atoms with Crippen LogP contribution in [0.15, 0.2) is 72.8 Å². The number of nitrogens with two attached hydrogens (primary N) is 1. The summed E-state index contributed by atoms with van der Waals surface area (Å²) < 4.78 is 4.72. The molecule has 2 aliphatic carbocycles. The number of fused-ring (bicyclic) bond motifs is 1. The fourth-order valence-corrected chi connectivity index (χ4v) is 6.78. The number of rotatable bonds is 13. The van der Waals surface area contributed by atoms with Crippen molar-refractivity contribution in [3.8, 4) is 0 Å². The van der Waals surface area contributed by atoms with Gasteiger partial charge in [-0.3, -0.25) is 4.79 Å². The van der Waals surface area contributed by atoms with Crippen LogP contribution in [0.2, 0.25) is 0 Å². The number of allylic oxidation sites excluding steroid dienone is 3. The van der Waals surface area contributed by atoms with E-state index in [2.05, 4.69) is 60.7 Å². The minimum absolute atomic E-state index is 0.0584. The molecule has 0 saturated heterocycles. The van der Waals surface area contributed by atoms with E-state index in [1.807, 2.05) is 0 Å². The molecule has 3 heteroatoms. The van der Waals surface area contributed by atoms with Crippen molar-refractivity contribution in [2.24, 2.45) is 17.1 Å². The Kier molecular flexibility index (Phi) is 9.20. The van der Waals surface area contributed by atoms with Crippen LogP contribution < -0.4 is 5.73 Å². The number of ether oxygens (including phenoxy) is 1. The number of carbonyl (C=O) groups excluding carboxylic acids is 1. The van der Waals surface area contributed by atoms with Gasteiger partial charge in [0, 0.05) is 17.9 Å². The van der Waals surface area contributed by atoms with E-state index in [1.165, 1.54) is 61.5 Å². The summed E-state index contributed by atoms with van der Waals surface area (Å²) in [5, 5.41) is 0. The molecule has 2 N–H and O–H groups in total. The fourth-order valence-electron chi connectivity index (χ4n) is 6.78. The Morgan fingerprint density at radius 3 is 2.22 bits per heavy atom. The van der Waals surface area contributed by atoms with E-state index in [0.717, 1.165) is 38.5 Å². The first-order valence-electron chi connectivity index (χ1n) is 13.9. The molecule has 36 heavy (non-hydrogen) atoms. The Bertz CT molecular complexity index is 1040. The van der Waals surface area contributed by atoms with Gasteiger partial charge < -0.3 is 10.5 Å². The summed E-state index contributed by atoms with van der Waals surface area (Å²) in [6.07, 6.45) is 13.2. The third-order valence-corrected chi connectivity index (χ3v) is 8.60. The molecule has 3 nitrogen and oxygen atoms in total. The minimum Gasteiger partial charge on any atom is -0.469 e. The van der Waals surface area contributed by atoms with Gasteiger partial charge in [-0.1, -0.05) is 105 Å². The maximum absolute atomic E-state index is 11.2. The zero-order chi connectivity index (χ0) is 25.4. The molecule has 2 aliphatic rings. The van der Waals surface area contributed by atoms with Gasteiger partial charge in [-0.05, 0) is 66.7 Å². The quantitative estimate of drug-likeness (QED) is 0.231. The van der Waals surface area contributed by atoms with Crippen molar-refractivity contribution in [1.29, 1.82) is 0 Å². The van der Waals surface area contributed by atoms with Crippen LogP contribution in [0, 0.1) is 11.3 Å². The highest BCUT2D eigenvalue weighted by Crippen LogP contribution is 2.65. The van der Waals surface area contributed by atoms with E-state index in [0.29, 0.717) is 12.3 Å². The number of esters is 1. The number of hydrogen-bond acceptors (Lipinski definition) is 3. The molecule has 1 fully saturated rings. The number of hydrogen-bond donors (Lipinski definition) is 1. The van der Waals surface area contributed by atoms with Crippen LogP contribution in [0.4, 0.5) is 0 Å². The zero-order valence-corrected chi connectivity index (χ0v) is 22.0. The first-order valence-corrected chi connectivity index (χ1v) is 13.9. The predicted molar refractivity (Wildman–Crippen MR) is 150 cm³/mol. The lowest BCUT2D eigenvalue weighted by Crippen LogP contribution is -2.33. The standard InChI is InChI=1S/C33H43NO2/c1-25(26-16-11-8-12-17-26)33-23-22-30(34)29(33)24-28(32(33)27-18-13-9-14-19-27)20-10-6-4-3-5-7-15-21-31(35)36-2/h8-9,11-14,16-19,29-30H,1,3-7,10,15,20-24,34H2,2H3/t29-,30-,33-/m0/s1. The van der Waals surface area contributed by atoms with E-state index in [4.69, 9.17) is 17.0 Å². The number of benzene rings is 2. The van der Waals surface area contributed by atoms with Crippen molar-refractivity contribution >= 4 is 17.1 Å². The van der Waals surface area contributed by atoms with E-state index in [-0.39, 0.29) is 17.4 Å². The third-order valence-electron chi connectivity index (χ3n) is 8.60. The van der Waals surface area contributed by atoms with Gasteiger partial charge in [0.2, 0.25) is 0 Å². The van der Waals surface area contributed by atoms with Crippen molar-refractivity contribution in [2.45, 2.75) is 83.1 Å². The lowest BCUT2D eigenvalue weighted by atomic mass is 9.66. The Hall–Kier alpha value is -2.65. The second-order valence-electron chi connectivity index (χ2n) is 10.7. The fraction of sp³-hybridized carbons (Fsp3) is 0.485. The highest BCUT2D eigenvalue weighted by atomic mass is 16.5. The predicted octanol–water partition coefficient (Wildman–Crippen LogP) is 7.96. The average molecular weight is 486 g/mol. The lowest BCUT2D eigenvalue weighted by molar-refractivity contribution is -0.140. The summed E-state index contributed by atoms with van der Waals surface area (Å²) in [5.74, 6) is 0.344. The van der Waals surface area contributed by atoms with Gasteiger partial charge in [-0.25, -0.2) is 0 Å². The minimum atomic E-state index is -0.0914. The molecular formula is C33H43NO2. The van der Waals surface area contributed by atoms with Crippen molar-refractivity contribution in [3.05, 3.63) is 83.9 Å². The molecule has 4 rings (SSSR count). The SMILES string of the molecule is C=C(c1ccccc1)[C@@]12CC[C@H](N)[C@@H]1CC(CCCCCCCCCC(=O)OC)=C2c1ccccc1. The first kappa shape index (κ1) is 26.4. The smallest absolute Gasteiger partial charge is 0.305 e. The molecule has 0 spiro atoms. The van der Waals surface area contributed by atoms with Crippen LogP contribution in [0.5, 0.6) is 0 Å². The molecular weight excluding hydrogens is 442 g/mol. The number of unbranched alkanes of at least 4 members (excludes halogenated alkanes) is 6. The molecule has 2 aromatic carbocycles. The van der Waals surface area contributed by atoms with E-state index < -0.39 is 0 Å². The largest absolute Gasteiger partial charge is 0.469 e. The second kappa shape index (κ2) is 12.5.